The van der Waals surface area contributed by atoms with Gasteiger partial charge in [-0.2, -0.15) is 6.54 Å². The monoisotopic (exact) mass is 329 g/mol. The Morgan fingerprint density at radius 1 is 1.33 bits per heavy atom. The fourth-order valence-electron chi connectivity index (χ4n) is 0.925. The van der Waals surface area contributed by atoms with Gasteiger partial charge in [-0.05, 0) is 18.2 Å². The van der Waals surface area contributed by atoms with Gasteiger partial charge in [0.25, 0.3) is 0 Å². The number of nitrogens with one attached hydrogen (secondary N) is 1. The Labute approximate surface area is 125 Å². The standard InChI is InChI=1S/C9H21NO2PS.Y.H2/c1-9(2)13(11,14)12-8-6-4-3-5-7-10;;/h9-10H,3-8H2,1-2H3,(H,11,14);;1H/q-1;;. The van der Waals surface area contributed by atoms with E-state index in [1.54, 1.807) is 0 Å². The summed E-state index contributed by atoms with van der Waals surface area (Å²) in [5, 5.41) is 0. The van der Waals surface area contributed by atoms with Gasteiger partial charge >= 0.3 is 0 Å². The van der Waals surface area contributed by atoms with Crippen molar-refractivity contribution in [2.45, 2.75) is 45.2 Å². The van der Waals surface area contributed by atoms with E-state index >= 15 is 0 Å². The topological polar surface area (TPSA) is 53.3 Å². The largest absolute Gasteiger partial charge is 0.677 e. The molecule has 1 radical (unpaired) electrons. The molecule has 0 spiro atoms. The van der Waals surface area contributed by atoms with Crippen molar-refractivity contribution in [1.82, 2.24) is 0 Å². The van der Waals surface area contributed by atoms with E-state index in [1.807, 2.05) is 13.8 Å². The molecule has 0 aromatic heterocycles. The number of rotatable bonds is 8. The quantitative estimate of drug-likeness (QED) is 0.547. The third kappa shape index (κ3) is 10.5. The molecule has 0 aliphatic heterocycles. The predicted molar refractivity (Wildman–Crippen MR) is 67.4 cm³/mol. The molecule has 91 valence electrons. The maximum absolute atomic E-state index is 9.67. The summed E-state index contributed by atoms with van der Waals surface area (Å²) in [6.07, 6.45) is 4.03. The van der Waals surface area contributed by atoms with Gasteiger partial charge in [0, 0.05) is 39.8 Å². The minimum atomic E-state index is -2.52. The zero-order valence-corrected chi connectivity index (χ0v) is 14.2. The van der Waals surface area contributed by atoms with Crippen molar-refractivity contribution >= 4 is 18.3 Å². The maximum atomic E-state index is 9.67. The average molecular weight is 329 g/mol. The van der Waals surface area contributed by atoms with Crippen LogP contribution >= 0.6 is 6.49 Å². The predicted octanol–water partition coefficient (Wildman–Crippen LogP) is 3.57. The zero-order chi connectivity index (χ0) is 11.0. The zero-order valence-electron chi connectivity index (χ0n) is 9.61. The second-order valence-corrected chi connectivity index (χ2v) is 7.64. The first-order valence-electron chi connectivity index (χ1n) is 5.12. The van der Waals surface area contributed by atoms with E-state index in [0.29, 0.717) is 13.2 Å². The number of hydrogen-bond acceptors (Lipinski definition) is 2. The molecule has 3 nitrogen and oxygen atoms in total. The number of hydrogen-bond donors (Lipinski definition) is 1. The van der Waals surface area contributed by atoms with Gasteiger partial charge in [-0.25, -0.2) is 0 Å². The summed E-state index contributed by atoms with van der Waals surface area (Å²) >= 11 is 4.98. The summed E-state index contributed by atoms with van der Waals surface area (Å²) in [5.74, 6) is 0. The first-order valence-corrected chi connectivity index (χ1v) is 7.86. The Bertz CT molecular complexity index is 198. The van der Waals surface area contributed by atoms with E-state index < -0.39 is 6.49 Å². The molecular weight excluding hydrogens is 306 g/mol. The summed E-state index contributed by atoms with van der Waals surface area (Å²) in [5.41, 5.74) is 7.00. The normalized spacial score (nSPS) is 14.7. The van der Waals surface area contributed by atoms with E-state index in [2.05, 4.69) is 0 Å². The van der Waals surface area contributed by atoms with E-state index in [-0.39, 0.29) is 39.8 Å². The maximum Gasteiger partial charge on any atom is 0.188 e. The van der Waals surface area contributed by atoms with Crippen LogP contribution in [0, 0.1) is 0 Å². The molecule has 2 N–H and O–H groups in total. The second kappa shape index (κ2) is 10.8. The van der Waals surface area contributed by atoms with Gasteiger partial charge in [-0.1, -0.05) is 33.1 Å². The second-order valence-electron chi connectivity index (χ2n) is 3.66. The van der Waals surface area contributed by atoms with Crippen molar-refractivity contribution in [2.24, 2.45) is 0 Å². The first kappa shape index (κ1) is 19.0. The number of unbranched alkanes of at least 4 members (excludes halogenated alkanes) is 3. The van der Waals surface area contributed by atoms with Crippen molar-refractivity contribution in [3.63, 3.8) is 0 Å². The molecule has 0 aliphatic carbocycles. The van der Waals surface area contributed by atoms with Gasteiger partial charge in [0.15, 0.2) is 6.49 Å². The van der Waals surface area contributed by atoms with Crippen LogP contribution in [0.3, 0.4) is 0 Å². The van der Waals surface area contributed by atoms with Gasteiger partial charge in [-0.15, -0.1) is 0 Å². The van der Waals surface area contributed by atoms with Gasteiger partial charge in [-0.3, -0.25) is 0 Å². The SMILES string of the molecule is CC(C)P(O)(=S)OCCCCCC[NH-].[HH].[Y]. The van der Waals surface area contributed by atoms with Crippen molar-refractivity contribution in [1.29, 1.82) is 0 Å². The molecule has 0 fully saturated rings. The van der Waals surface area contributed by atoms with E-state index in [1.165, 1.54) is 0 Å². The summed E-state index contributed by atoms with van der Waals surface area (Å²) in [7, 11) is 0. The molecule has 0 heterocycles. The Morgan fingerprint density at radius 3 is 2.33 bits per heavy atom. The molecular formula is C9H23NO2PSY-. The third-order valence-corrected chi connectivity index (χ3v) is 5.44. The molecule has 15 heavy (non-hydrogen) atoms. The summed E-state index contributed by atoms with van der Waals surface area (Å²) < 4.78 is 5.31. The van der Waals surface area contributed by atoms with Crippen molar-refractivity contribution in [3.05, 3.63) is 5.73 Å². The van der Waals surface area contributed by atoms with Gasteiger partial charge < -0.3 is 15.2 Å². The molecule has 0 bridgehead atoms. The minimum Gasteiger partial charge on any atom is -0.677 e. The molecule has 1 unspecified atom stereocenters. The van der Waals surface area contributed by atoms with E-state index in [9.17, 15) is 4.89 Å². The Hall–Kier alpha value is 1.63. The van der Waals surface area contributed by atoms with Crippen molar-refractivity contribution < 1.29 is 43.6 Å². The summed E-state index contributed by atoms with van der Waals surface area (Å²) in [6.45, 7) is 2.32. The molecule has 6 heteroatoms. The molecule has 0 aromatic carbocycles. The Morgan fingerprint density at radius 2 is 1.87 bits per heavy atom. The molecule has 0 amide bonds. The van der Waals surface area contributed by atoms with Crippen LogP contribution < -0.4 is 0 Å². The van der Waals surface area contributed by atoms with Crippen LogP contribution in [-0.2, 0) is 49.0 Å². The average Bonchev–Trinajstić information content (AvgIpc) is 2.10. The van der Waals surface area contributed by atoms with Crippen LogP contribution in [0.4, 0.5) is 0 Å². The Kier molecular flexibility index (Phi) is 13.6. The molecule has 0 rings (SSSR count). The van der Waals surface area contributed by atoms with Crippen LogP contribution in [0.2, 0.25) is 0 Å². The first-order chi connectivity index (χ1) is 6.50. The molecule has 0 saturated carbocycles. The van der Waals surface area contributed by atoms with Gasteiger partial charge in [0.2, 0.25) is 0 Å². The fraction of sp³-hybridized carbons (Fsp3) is 1.00. The van der Waals surface area contributed by atoms with Gasteiger partial charge in [0.1, 0.15) is 0 Å². The van der Waals surface area contributed by atoms with Crippen LogP contribution in [0.5, 0.6) is 0 Å². The smallest absolute Gasteiger partial charge is 0.188 e. The van der Waals surface area contributed by atoms with Crippen LogP contribution in [0.15, 0.2) is 0 Å². The fourth-order valence-corrected chi connectivity index (χ4v) is 1.84. The summed E-state index contributed by atoms with van der Waals surface area (Å²) in [4.78, 5) is 9.67. The van der Waals surface area contributed by atoms with Crippen LogP contribution in [-0.4, -0.2) is 23.7 Å². The summed E-state index contributed by atoms with van der Waals surface area (Å²) in [6, 6.07) is 0. The molecule has 1 atom stereocenters. The van der Waals surface area contributed by atoms with E-state index in [4.69, 9.17) is 22.1 Å². The minimum absolute atomic E-state index is 0. The molecule has 0 saturated heterocycles. The van der Waals surface area contributed by atoms with Crippen LogP contribution in [0.25, 0.3) is 5.73 Å². The Balaban J connectivity index is -0.000000845. The van der Waals surface area contributed by atoms with E-state index in [0.717, 1.165) is 25.7 Å². The van der Waals surface area contributed by atoms with Gasteiger partial charge in [0.05, 0.1) is 6.61 Å². The van der Waals surface area contributed by atoms with Crippen molar-refractivity contribution in [3.8, 4) is 0 Å². The van der Waals surface area contributed by atoms with Crippen LogP contribution in [0.1, 0.15) is 41.0 Å². The van der Waals surface area contributed by atoms with Crippen molar-refractivity contribution in [2.75, 3.05) is 13.2 Å². The third-order valence-electron chi connectivity index (χ3n) is 2.00. The molecule has 0 aliphatic rings. The molecule has 0 aromatic rings.